The summed E-state index contributed by atoms with van der Waals surface area (Å²) in [5, 5.41) is 0. The van der Waals surface area contributed by atoms with Gasteiger partial charge in [-0.05, 0) is 75.0 Å². The average molecular weight is 509 g/mol. The number of carbonyl (C=O) groups is 2. The molecule has 8 atom stereocenters. The van der Waals surface area contributed by atoms with Crippen LogP contribution < -0.4 is 0 Å². The molecule has 0 heterocycles. The number of ether oxygens (including phenoxy) is 4. The van der Waals surface area contributed by atoms with E-state index in [2.05, 4.69) is 41.5 Å². The molecule has 0 aromatic carbocycles. The summed E-state index contributed by atoms with van der Waals surface area (Å²) >= 11 is 0. The first kappa shape index (κ1) is 29.4. The molecule has 0 spiro atoms. The number of esters is 2. The second kappa shape index (κ2) is 12.6. The van der Waals surface area contributed by atoms with Crippen molar-refractivity contribution >= 4 is 11.9 Å². The summed E-state index contributed by atoms with van der Waals surface area (Å²) in [5.74, 6) is -0.554. The molecule has 0 aromatic rings. The Kier molecular flexibility index (Phi) is 10.3. The smallest absolute Gasteiger partial charge is 0.315 e. The van der Waals surface area contributed by atoms with Gasteiger partial charge in [0.15, 0.2) is 5.79 Å². The molecule has 0 amide bonds. The number of carbonyl (C=O) groups excluding carboxylic acids is 2. The topological polar surface area (TPSA) is 71.1 Å². The summed E-state index contributed by atoms with van der Waals surface area (Å²) in [6.07, 6.45) is 6.31. The molecule has 208 valence electrons. The number of hydrogen-bond donors (Lipinski definition) is 0. The van der Waals surface area contributed by atoms with Crippen molar-refractivity contribution in [2.45, 2.75) is 118 Å². The molecule has 0 bridgehead atoms. The zero-order valence-electron chi connectivity index (χ0n) is 24.1. The van der Waals surface area contributed by atoms with Gasteiger partial charge in [-0.25, -0.2) is 0 Å². The molecule has 6 unspecified atom stereocenters. The van der Waals surface area contributed by atoms with Crippen LogP contribution in [0.1, 0.15) is 100 Å². The lowest BCUT2D eigenvalue weighted by Gasteiger charge is -2.51. The number of hydrogen-bond acceptors (Lipinski definition) is 6. The van der Waals surface area contributed by atoms with Crippen LogP contribution in [0.4, 0.5) is 0 Å². The molecule has 0 aliphatic heterocycles. The van der Waals surface area contributed by atoms with Crippen molar-refractivity contribution in [3.8, 4) is 0 Å². The summed E-state index contributed by atoms with van der Waals surface area (Å²) in [7, 11) is 0. The fraction of sp³-hybridized carbons (Fsp3) is 0.933. The first-order valence-electron chi connectivity index (χ1n) is 14.7. The van der Waals surface area contributed by atoms with Crippen LogP contribution in [0.25, 0.3) is 0 Å². The minimum absolute atomic E-state index is 0.100. The Hall–Kier alpha value is -1.14. The fourth-order valence-corrected chi connectivity index (χ4v) is 7.05. The van der Waals surface area contributed by atoms with E-state index in [0.717, 1.165) is 32.1 Å². The monoisotopic (exact) mass is 508 g/mol. The maximum absolute atomic E-state index is 13.8. The predicted octanol–water partition coefficient (Wildman–Crippen LogP) is 6.40. The van der Waals surface area contributed by atoms with Gasteiger partial charge in [0.1, 0.15) is 18.1 Å². The van der Waals surface area contributed by atoms with E-state index in [1.54, 1.807) is 0 Å². The van der Waals surface area contributed by atoms with Crippen LogP contribution in [0.15, 0.2) is 0 Å². The molecular formula is C30H52O6. The molecular weight excluding hydrogens is 456 g/mol. The van der Waals surface area contributed by atoms with Crippen molar-refractivity contribution in [2.75, 3.05) is 13.2 Å². The van der Waals surface area contributed by atoms with Gasteiger partial charge in [0, 0.05) is 19.6 Å². The van der Waals surface area contributed by atoms with Crippen LogP contribution in [0, 0.1) is 47.3 Å². The zero-order valence-corrected chi connectivity index (χ0v) is 24.1. The molecule has 3 fully saturated rings. The van der Waals surface area contributed by atoms with E-state index in [-0.39, 0.29) is 24.1 Å². The van der Waals surface area contributed by atoms with Crippen LogP contribution in [-0.2, 0) is 28.5 Å². The normalized spacial score (nSPS) is 36.4. The Morgan fingerprint density at radius 3 is 1.61 bits per heavy atom. The lowest BCUT2D eigenvalue weighted by molar-refractivity contribution is -0.324. The summed E-state index contributed by atoms with van der Waals surface area (Å²) in [4.78, 5) is 27.3. The highest BCUT2D eigenvalue weighted by atomic mass is 16.7. The van der Waals surface area contributed by atoms with Crippen molar-refractivity contribution < 1.29 is 28.5 Å². The molecule has 0 N–H and O–H groups in total. The SMILES string of the molecule is CCOC1(OCC)CC(C(=O)OC2C[C@@H](C)CCC2C(C)C)[C@H]1C(=O)OC1CC(C)CCC1C(C)C. The van der Waals surface area contributed by atoms with E-state index in [9.17, 15) is 9.59 Å². The van der Waals surface area contributed by atoms with Crippen LogP contribution in [0.3, 0.4) is 0 Å². The van der Waals surface area contributed by atoms with E-state index >= 15 is 0 Å². The maximum Gasteiger partial charge on any atom is 0.315 e. The quantitative estimate of drug-likeness (QED) is 0.251. The fourth-order valence-electron chi connectivity index (χ4n) is 7.05. The molecule has 3 aliphatic rings. The molecule has 0 radical (unpaired) electrons. The van der Waals surface area contributed by atoms with E-state index in [1.165, 1.54) is 6.42 Å². The average Bonchev–Trinajstić information content (AvgIpc) is 2.77. The van der Waals surface area contributed by atoms with E-state index in [4.69, 9.17) is 18.9 Å². The number of rotatable bonds is 10. The van der Waals surface area contributed by atoms with Gasteiger partial charge in [-0.2, -0.15) is 0 Å². The third-order valence-electron chi connectivity index (χ3n) is 9.17. The Morgan fingerprint density at radius 1 is 0.750 bits per heavy atom. The van der Waals surface area contributed by atoms with Crippen LogP contribution in [0.5, 0.6) is 0 Å². The third kappa shape index (κ3) is 6.46. The Labute approximate surface area is 219 Å². The van der Waals surface area contributed by atoms with Crippen molar-refractivity contribution in [3.05, 3.63) is 0 Å². The zero-order chi connectivity index (χ0) is 26.6. The lowest BCUT2D eigenvalue weighted by Crippen LogP contribution is -2.64. The summed E-state index contributed by atoms with van der Waals surface area (Å²) in [5.41, 5.74) is 0. The summed E-state index contributed by atoms with van der Waals surface area (Å²) in [6.45, 7) is 17.8. The predicted molar refractivity (Wildman–Crippen MR) is 140 cm³/mol. The molecule has 3 rings (SSSR count). The minimum atomic E-state index is -1.12. The molecule has 0 saturated heterocycles. The standard InChI is InChI=1S/C30H52O6/c1-9-33-30(34-10-2)17-24(28(31)35-25-15-20(7)11-13-22(25)18(3)4)27(30)29(32)36-26-16-21(8)12-14-23(26)19(5)6/h18-27H,9-17H2,1-8H3/t20-,21?,22?,23?,24?,25?,26?,27-/m0/s1. The Balaban J connectivity index is 1.79. The minimum Gasteiger partial charge on any atom is -0.462 e. The summed E-state index contributed by atoms with van der Waals surface area (Å²) < 4.78 is 24.5. The maximum atomic E-state index is 13.8. The highest BCUT2D eigenvalue weighted by molar-refractivity contribution is 5.85. The van der Waals surface area contributed by atoms with E-state index in [0.29, 0.717) is 55.1 Å². The highest BCUT2D eigenvalue weighted by Crippen LogP contribution is 2.50. The van der Waals surface area contributed by atoms with Gasteiger partial charge in [0.2, 0.25) is 0 Å². The molecule has 0 aromatic heterocycles. The van der Waals surface area contributed by atoms with E-state index in [1.807, 2.05) is 13.8 Å². The molecule has 6 nitrogen and oxygen atoms in total. The second-order valence-electron chi connectivity index (χ2n) is 12.6. The molecule has 3 saturated carbocycles. The van der Waals surface area contributed by atoms with Gasteiger partial charge < -0.3 is 18.9 Å². The van der Waals surface area contributed by atoms with Crippen molar-refractivity contribution in [3.63, 3.8) is 0 Å². The van der Waals surface area contributed by atoms with Crippen molar-refractivity contribution in [1.82, 2.24) is 0 Å². The largest absolute Gasteiger partial charge is 0.462 e. The molecule has 36 heavy (non-hydrogen) atoms. The molecule has 6 heteroatoms. The van der Waals surface area contributed by atoms with Gasteiger partial charge in [-0.3, -0.25) is 9.59 Å². The molecule has 3 aliphatic carbocycles. The lowest BCUT2D eigenvalue weighted by atomic mass is 9.67. The van der Waals surface area contributed by atoms with Gasteiger partial charge in [0.25, 0.3) is 0 Å². The van der Waals surface area contributed by atoms with E-state index < -0.39 is 17.6 Å². The highest BCUT2D eigenvalue weighted by Gasteiger charge is 2.64. The van der Waals surface area contributed by atoms with Gasteiger partial charge in [0.05, 0.1) is 5.92 Å². The van der Waals surface area contributed by atoms with Crippen molar-refractivity contribution in [2.24, 2.45) is 47.3 Å². The van der Waals surface area contributed by atoms with Gasteiger partial charge >= 0.3 is 11.9 Å². The van der Waals surface area contributed by atoms with Crippen LogP contribution in [-0.4, -0.2) is 43.1 Å². The third-order valence-corrected chi connectivity index (χ3v) is 9.17. The Morgan fingerprint density at radius 2 is 1.19 bits per heavy atom. The Bertz CT molecular complexity index is 727. The first-order chi connectivity index (χ1) is 17.0. The summed E-state index contributed by atoms with van der Waals surface area (Å²) in [6, 6.07) is 0. The van der Waals surface area contributed by atoms with Crippen molar-refractivity contribution in [1.29, 1.82) is 0 Å². The van der Waals surface area contributed by atoms with Gasteiger partial charge in [-0.1, -0.05) is 54.4 Å². The van der Waals surface area contributed by atoms with Crippen LogP contribution >= 0.6 is 0 Å². The van der Waals surface area contributed by atoms with Crippen LogP contribution in [0.2, 0.25) is 0 Å². The first-order valence-corrected chi connectivity index (χ1v) is 14.7. The second-order valence-corrected chi connectivity index (χ2v) is 12.6. The van der Waals surface area contributed by atoms with Gasteiger partial charge in [-0.15, -0.1) is 0 Å².